The van der Waals surface area contributed by atoms with Crippen LogP contribution in [0, 0.1) is 17.2 Å². The topological polar surface area (TPSA) is 48.7 Å². The summed E-state index contributed by atoms with van der Waals surface area (Å²) in [5, 5.41) is 12.4. The zero-order valence-corrected chi connectivity index (χ0v) is 9.25. The molecule has 0 radical (unpaired) electrons. The summed E-state index contributed by atoms with van der Waals surface area (Å²) in [5.41, 5.74) is 0.547. The normalized spacial score (nSPS) is 23.3. The van der Waals surface area contributed by atoms with Gasteiger partial charge in [-0.1, -0.05) is 24.9 Å². The molecule has 1 heterocycles. The molecule has 0 spiro atoms. The molecule has 0 aliphatic heterocycles. The lowest BCUT2D eigenvalue weighted by atomic mass is 10.3. The minimum Gasteiger partial charge on any atom is -0.367 e. The molecule has 3 nitrogen and oxygen atoms in total. The first kappa shape index (κ1) is 10.3. The molecule has 4 heteroatoms. The third kappa shape index (κ3) is 2.40. The number of pyridine rings is 1. The highest BCUT2D eigenvalue weighted by atomic mass is 35.5. The van der Waals surface area contributed by atoms with Gasteiger partial charge in [0, 0.05) is 6.04 Å². The SMILES string of the molecule is CCC1CC1Nc1cc(C#N)cc(Cl)n1. The number of nitrogens with zero attached hydrogens (tertiary/aromatic N) is 2. The van der Waals surface area contributed by atoms with Crippen LogP contribution in [0.3, 0.4) is 0 Å². The van der Waals surface area contributed by atoms with Crippen LogP contribution in [0.4, 0.5) is 5.82 Å². The largest absolute Gasteiger partial charge is 0.367 e. The lowest BCUT2D eigenvalue weighted by Gasteiger charge is -2.05. The summed E-state index contributed by atoms with van der Waals surface area (Å²) in [4.78, 5) is 4.13. The van der Waals surface area contributed by atoms with Crippen LogP contribution in [0.2, 0.25) is 5.15 Å². The minimum absolute atomic E-state index is 0.366. The number of anilines is 1. The van der Waals surface area contributed by atoms with Crippen molar-refractivity contribution in [2.45, 2.75) is 25.8 Å². The summed E-state index contributed by atoms with van der Waals surface area (Å²) in [6.45, 7) is 2.18. The van der Waals surface area contributed by atoms with E-state index in [2.05, 4.69) is 23.3 Å². The van der Waals surface area contributed by atoms with E-state index in [1.54, 1.807) is 12.1 Å². The molecule has 1 fully saturated rings. The van der Waals surface area contributed by atoms with Gasteiger partial charge in [0.15, 0.2) is 0 Å². The molecule has 1 aromatic rings. The van der Waals surface area contributed by atoms with Gasteiger partial charge in [0.05, 0.1) is 11.6 Å². The Balaban J connectivity index is 2.09. The highest BCUT2D eigenvalue weighted by Gasteiger charge is 2.35. The van der Waals surface area contributed by atoms with Crippen LogP contribution in [0.1, 0.15) is 25.3 Å². The van der Waals surface area contributed by atoms with Gasteiger partial charge in [-0.15, -0.1) is 0 Å². The number of halogens is 1. The number of hydrogen-bond donors (Lipinski definition) is 1. The molecule has 2 unspecified atom stereocenters. The average Bonchev–Trinajstić information content (AvgIpc) is 2.95. The van der Waals surface area contributed by atoms with Crippen LogP contribution in [0.5, 0.6) is 0 Å². The van der Waals surface area contributed by atoms with Crippen molar-refractivity contribution in [1.29, 1.82) is 5.26 Å². The average molecular weight is 222 g/mol. The number of aromatic nitrogens is 1. The van der Waals surface area contributed by atoms with E-state index in [-0.39, 0.29) is 0 Å². The lowest BCUT2D eigenvalue weighted by Crippen LogP contribution is -2.06. The summed E-state index contributed by atoms with van der Waals surface area (Å²) < 4.78 is 0. The van der Waals surface area contributed by atoms with E-state index in [1.807, 2.05) is 0 Å². The number of rotatable bonds is 3. The molecule has 1 N–H and O–H groups in total. The number of nitriles is 1. The van der Waals surface area contributed by atoms with Gasteiger partial charge in [0.1, 0.15) is 11.0 Å². The van der Waals surface area contributed by atoms with Gasteiger partial charge in [0.2, 0.25) is 0 Å². The zero-order chi connectivity index (χ0) is 10.8. The van der Waals surface area contributed by atoms with Gasteiger partial charge in [-0.05, 0) is 24.5 Å². The van der Waals surface area contributed by atoms with E-state index >= 15 is 0 Å². The fourth-order valence-corrected chi connectivity index (χ4v) is 1.91. The Hall–Kier alpha value is -1.27. The van der Waals surface area contributed by atoms with E-state index in [4.69, 9.17) is 16.9 Å². The Labute approximate surface area is 94.1 Å². The third-order valence-electron chi connectivity index (χ3n) is 2.70. The van der Waals surface area contributed by atoms with Crippen LogP contribution in [0.25, 0.3) is 0 Å². The molecule has 1 aliphatic rings. The third-order valence-corrected chi connectivity index (χ3v) is 2.90. The van der Waals surface area contributed by atoms with Crippen molar-refractivity contribution in [1.82, 2.24) is 4.98 Å². The van der Waals surface area contributed by atoms with Gasteiger partial charge < -0.3 is 5.32 Å². The van der Waals surface area contributed by atoms with Crippen molar-refractivity contribution in [2.75, 3.05) is 5.32 Å². The van der Waals surface area contributed by atoms with Crippen LogP contribution >= 0.6 is 11.6 Å². The Kier molecular flexibility index (Phi) is 2.79. The quantitative estimate of drug-likeness (QED) is 0.799. The molecule has 0 bridgehead atoms. The van der Waals surface area contributed by atoms with Gasteiger partial charge in [0.25, 0.3) is 0 Å². The number of hydrogen-bond acceptors (Lipinski definition) is 3. The first-order valence-corrected chi connectivity index (χ1v) is 5.45. The molecule has 2 atom stereocenters. The molecule has 78 valence electrons. The second kappa shape index (κ2) is 4.08. The first-order chi connectivity index (χ1) is 7.22. The van der Waals surface area contributed by atoms with Gasteiger partial charge in [-0.2, -0.15) is 5.26 Å². The maximum absolute atomic E-state index is 8.77. The maximum atomic E-state index is 8.77. The highest BCUT2D eigenvalue weighted by Crippen LogP contribution is 2.35. The smallest absolute Gasteiger partial charge is 0.132 e. The predicted octanol–water partition coefficient (Wildman–Crippen LogP) is 2.82. The zero-order valence-electron chi connectivity index (χ0n) is 8.50. The molecular formula is C11H12ClN3. The first-order valence-electron chi connectivity index (χ1n) is 5.07. The summed E-state index contributed by atoms with van der Waals surface area (Å²) in [6, 6.07) is 5.87. The Morgan fingerprint density at radius 3 is 3.07 bits per heavy atom. The van der Waals surface area contributed by atoms with Crippen LogP contribution < -0.4 is 5.32 Å². The summed E-state index contributed by atoms with van der Waals surface area (Å²) in [5.74, 6) is 1.45. The Bertz CT molecular complexity index is 411. The summed E-state index contributed by atoms with van der Waals surface area (Å²) in [6.07, 6.45) is 2.37. The number of nitrogens with one attached hydrogen (secondary N) is 1. The molecule has 15 heavy (non-hydrogen) atoms. The molecule has 1 saturated carbocycles. The summed E-state index contributed by atoms with van der Waals surface area (Å²) in [7, 11) is 0. The standard InChI is InChI=1S/C11H12ClN3/c1-2-8-5-9(8)14-11-4-7(6-13)3-10(12)15-11/h3-4,8-9H,2,5H2,1H3,(H,14,15). The van der Waals surface area contributed by atoms with Crippen molar-refractivity contribution in [3.8, 4) is 6.07 Å². The molecule has 0 amide bonds. The molecule has 0 aromatic carbocycles. The lowest BCUT2D eigenvalue weighted by molar-refractivity contribution is 0.773. The fourth-order valence-electron chi connectivity index (χ4n) is 1.70. The molecular weight excluding hydrogens is 210 g/mol. The van der Waals surface area contributed by atoms with Gasteiger partial charge >= 0.3 is 0 Å². The molecule has 1 aliphatic carbocycles. The van der Waals surface area contributed by atoms with Crippen LogP contribution in [-0.4, -0.2) is 11.0 Å². The molecule has 2 rings (SSSR count). The fraction of sp³-hybridized carbons (Fsp3) is 0.455. The second-order valence-electron chi connectivity index (χ2n) is 3.83. The van der Waals surface area contributed by atoms with Gasteiger partial charge in [-0.3, -0.25) is 0 Å². The second-order valence-corrected chi connectivity index (χ2v) is 4.22. The van der Waals surface area contributed by atoms with Crippen LogP contribution in [0.15, 0.2) is 12.1 Å². The van der Waals surface area contributed by atoms with Crippen molar-refractivity contribution >= 4 is 17.4 Å². The molecule has 1 aromatic heterocycles. The van der Waals surface area contributed by atoms with E-state index in [0.717, 1.165) is 5.92 Å². The van der Waals surface area contributed by atoms with E-state index in [1.165, 1.54) is 12.8 Å². The Morgan fingerprint density at radius 2 is 2.47 bits per heavy atom. The van der Waals surface area contributed by atoms with E-state index < -0.39 is 0 Å². The Morgan fingerprint density at radius 1 is 1.67 bits per heavy atom. The van der Waals surface area contributed by atoms with Crippen molar-refractivity contribution in [3.63, 3.8) is 0 Å². The summed E-state index contributed by atoms with van der Waals surface area (Å²) >= 11 is 5.80. The predicted molar refractivity (Wildman–Crippen MR) is 59.8 cm³/mol. The van der Waals surface area contributed by atoms with Gasteiger partial charge in [-0.25, -0.2) is 4.98 Å². The maximum Gasteiger partial charge on any atom is 0.132 e. The monoisotopic (exact) mass is 221 g/mol. The van der Waals surface area contributed by atoms with E-state index in [9.17, 15) is 0 Å². The van der Waals surface area contributed by atoms with E-state index in [0.29, 0.717) is 22.6 Å². The minimum atomic E-state index is 0.366. The highest BCUT2D eigenvalue weighted by molar-refractivity contribution is 6.29. The van der Waals surface area contributed by atoms with Crippen molar-refractivity contribution in [3.05, 3.63) is 22.8 Å². The van der Waals surface area contributed by atoms with Crippen LogP contribution in [-0.2, 0) is 0 Å². The molecule has 0 saturated heterocycles. The van der Waals surface area contributed by atoms with Crippen molar-refractivity contribution < 1.29 is 0 Å². The van der Waals surface area contributed by atoms with Crippen molar-refractivity contribution in [2.24, 2.45) is 5.92 Å².